The molecule has 0 bridgehead atoms. The van der Waals surface area contributed by atoms with E-state index in [0.717, 1.165) is 0 Å². The molecule has 2 aromatic carbocycles. The number of carboxylic acid groups (broad SMARTS) is 1. The third-order valence-electron chi connectivity index (χ3n) is 5.31. The highest BCUT2D eigenvalue weighted by Gasteiger charge is 2.22. The number of aliphatic hydroxyl groups is 1. The predicted molar refractivity (Wildman–Crippen MR) is 116 cm³/mol. The van der Waals surface area contributed by atoms with E-state index >= 15 is 0 Å². The second kappa shape index (κ2) is 9.18. The molecule has 0 spiro atoms. The molecular formula is C23H25FN2O5. The van der Waals surface area contributed by atoms with Crippen LogP contribution >= 0.6 is 0 Å². The standard InChI is InChI=1S/C23H25FN2O5/c1-13(2)20(12-27)26-11-18(23(29)30)22(28)17-8-14(21(31-3)9-19(17)26)10-25-16-6-4-15(24)5-7-16/h4-9,11,13,20,25,27H,10,12H2,1-3H3,(H,29,30)/t20-/m1/s1. The molecular weight excluding hydrogens is 403 g/mol. The number of hydrogen-bond acceptors (Lipinski definition) is 5. The molecule has 0 amide bonds. The number of anilines is 1. The number of halogens is 1. The normalized spacial score (nSPS) is 12.2. The van der Waals surface area contributed by atoms with Crippen LogP contribution in [-0.4, -0.2) is 34.5 Å². The summed E-state index contributed by atoms with van der Waals surface area (Å²) in [5.41, 5.74) is 0.820. The number of carbonyl (C=O) groups is 1. The van der Waals surface area contributed by atoms with E-state index in [1.54, 1.807) is 28.8 Å². The number of ether oxygens (including phenoxy) is 1. The van der Waals surface area contributed by atoms with Crippen LogP contribution in [0.15, 0.2) is 47.4 Å². The Morgan fingerprint density at radius 3 is 2.45 bits per heavy atom. The van der Waals surface area contributed by atoms with Crippen molar-refractivity contribution in [2.24, 2.45) is 5.92 Å². The molecule has 31 heavy (non-hydrogen) atoms. The predicted octanol–water partition coefficient (Wildman–Crippen LogP) is 3.65. The van der Waals surface area contributed by atoms with Gasteiger partial charge in [-0.2, -0.15) is 0 Å². The van der Waals surface area contributed by atoms with Crippen LogP contribution in [0.25, 0.3) is 10.9 Å². The van der Waals surface area contributed by atoms with Crippen LogP contribution in [0.3, 0.4) is 0 Å². The number of nitrogens with zero attached hydrogens (tertiary/aromatic N) is 1. The van der Waals surface area contributed by atoms with Crippen molar-refractivity contribution in [3.8, 4) is 5.75 Å². The molecule has 0 saturated carbocycles. The Hall–Kier alpha value is -3.39. The van der Waals surface area contributed by atoms with Crippen molar-refractivity contribution in [2.45, 2.75) is 26.4 Å². The topological polar surface area (TPSA) is 101 Å². The zero-order chi connectivity index (χ0) is 22.7. The second-order valence-electron chi connectivity index (χ2n) is 7.62. The number of methoxy groups -OCH3 is 1. The summed E-state index contributed by atoms with van der Waals surface area (Å²) in [6, 6.07) is 8.70. The van der Waals surface area contributed by atoms with Crippen molar-refractivity contribution in [1.29, 1.82) is 0 Å². The summed E-state index contributed by atoms with van der Waals surface area (Å²) in [5, 5.41) is 22.8. The van der Waals surface area contributed by atoms with Crippen molar-refractivity contribution in [3.05, 3.63) is 69.8 Å². The Morgan fingerprint density at radius 1 is 1.23 bits per heavy atom. The zero-order valence-electron chi connectivity index (χ0n) is 17.6. The van der Waals surface area contributed by atoms with Crippen molar-refractivity contribution in [2.75, 3.05) is 19.0 Å². The molecule has 1 atom stereocenters. The molecule has 0 aliphatic carbocycles. The van der Waals surface area contributed by atoms with Crippen molar-refractivity contribution >= 4 is 22.6 Å². The average Bonchev–Trinajstić information content (AvgIpc) is 2.74. The van der Waals surface area contributed by atoms with Gasteiger partial charge in [0, 0.05) is 35.4 Å². The maximum absolute atomic E-state index is 13.1. The zero-order valence-corrected chi connectivity index (χ0v) is 17.6. The third-order valence-corrected chi connectivity index (χ3v) is 5.31. The minimum absolute atomic E-state index is 0.0110. The van der Waals surface area contributed by atoms with Crippen LogP contribution in [0.2, 0.25) is 0 Å². The lowest BCUT2D eigenvalue weighted by atomic mass is 10.0. The van der Waals surface area contributed by atoms with Gasteiger partial charge in [0.1, 0.15) is 17.1 Å². The molecule has 0 aliphatic heterocycles. The number of pyridine rings is 1. The molecule has 8 heteroatoms. The van der Waals surface area contributed by atoms with Crippen LogP contribution in [-0.2, 0) is 6.54 Å². The quantitative estimate of drug-likeness (QED) is 0.506. The van der Waals surface area contributed by atoms with E-state index in [9.17, 15) is 24.2 Å². The first-order chi connectivity index (χ1) is 14.8. The molecule has 3 aromatic rings. The van der Waals surface area contributed by atoms with E-state index in [0.29, 0.717) is 22.5 Å². The molecule has 0 radical (unpaired) electrons. The number of fused-ring (bicyclic) bond motifs is 1. The van der Waals surface area contributed by atoms with Gasteiger partial charge >= 0.3 is 5.97 Å². The van der Waals surface area contributed by atoms with E-state index in [4.69, 9.17) is 4.74 Å². The molecule has 3 N–H and O–H groups in total. The number of rotatable bonds is 8. The van der Waals surface area contributed by atoms with Gasteiger partial charge in [0.2, 0.25) is 5.43 Å². The van der Waals surface area contributed by atoms with Gasteiger partial charge in [0.15, 0.2) is 0 Å². The maximum atomic E-state index is 13.1. The van der Waals surface area contributed by atoms with Gasteiger partial charge in [0.25, 0.3) is 0 Å². The van der Waals surface area contributed by atoms with Gasteiger partial charge in [-0.3, -0.25) is 4.79 Å². The number of benzene rings is 2. The van der Waals surface area contributed by atoms with Crippen molar-refractivity contribution < 1.29 is 24.1 Å². The van der Waals surface area contributed by atoms with Crippen molar-refractivity contribution in [1.82, 2.24) is 4.57 Å². The molecule has 1 aromatic heterocycles. The highest BCUT2D eigenvalue weighted by Crippen LogP contribution is 2.29. The van der Waals surface area contributed by atoms with Crippen LogP contribution in [0.1, 0.15) is 35.8 Å². The molecule has 0 saturated heterocycles. The third kappa shape index (κ3) is 4.54. The first kappa shape index (κ1) is 22.3. The number of nitrogens with one attached hydrogen (secondary N) is 1. The van der Waals surface area contributed by atoms with Crippen LogP contribution < -0.4 is 15.5 Å². The minimum Gasteiger partial charge on any atom is -0.496 e. The summed E-state index contributed by atoms with van der Waals surface area (Å²) < 4.78 is 20.3. The highest BCUT2D eigenvalue weighted by molar-refractivity contribution is 5.93. The van der Waals surface area contributed by atoms with Crippen molar-refractivity contribution in [3.63, 3.8) is 0 Å². The number of hydrogen-bond donors (Lipinski definition) is 3. The van der Waals surface area contributed by atoms with Gasteiger partial charge in [-0.25, -0.2) is 9.18 Å². The SMILES string of the molecule is COc1cc2c(cc1CNc1ccc(F)cc1)c(=O)c(C(=O)O)cn2[C@H](CO)C(C)C. The van der Waals surface area contributed by atoms with Gasteiger partial charge < -0.3 is 24.8 Å². The van der Waals surface area contributed by atoms with E-state index in [1.807, 2.05) is 13.8 Å². The summed E-state index contributed by atoms with van der Waals surface area (Å²) in [5.74, 6) is -1.19. The molecule has 164 valence electrons. The fraction of sp³-hybridized carbons (Fsp3) is 0.304. The average molecular weight is 428 g/mol. The Balaban J connectivity index is 2.17. The highest BCUT2D eigenvalue weighted by atomic mass is 19.1. The van der Waals surface area contributed by atoms with E-state index in [-0.39, 0.29) is 35.8 Å². The molecule has 7 nitrogen and oxygen atoms in total. The lowest BCUT2D eigenvalue weighted by Gasteiger charge is -2.25. The number of aliphatic hydroxyl groups excluding tert-OH is 1. The number of aromatic carboxylic acids is 1. The Morgan fingerprint density at radius 2 is 1.90 bits per heavy atom. The fourth-order valence-corrected chi connectivity index (χ4v) is 3.56. The van der Waals surface area contributed by atoms with Gasteiger partial charge in [0.05, 0.1) is 25.3 Å². The van der Waals surface area contributed by atoms with Crippen LogP contribution in [0, 0.1) is 11.7 Å². The first-order valence-electron chi connectivity index (χ1n) is 9.86. The van der Waals surface area contributed by atoms with E-state index in [2.05, 4.69) is 5.32 Å². The minimum atomic E-state index is -1.33. The summed E-state index contributed by atoms with van der Waals surface area (Å²) in [7, 11) is 1.50. The summed E-state index contributed by atoms with van der Waals surface area (Å²) in [4.78, 5) is 24.6. The van der Waals surface area contributed by atoms with E-state index in [1.165, 1.54) is 25.4 Å². The lowest BCUT2D eigenvalue weighted by molar-refractivity contribution is 0.0694. The Bertz CT molecular complexity index is 1160. The van der Waals surface area contributed by atoms with Gasteiger partial charge in [-0.05, 0) is 36.2 Å². The second-order valence-corrected chi connectivity index (χ2v) is 7.62. The van der Waals surface area contributed by atoms with E-state index < -0.39 is 17.4 Å². The maximum Gasteiger partial charge on any atom is 0.341 e. The summed E-state index contributed by atoms with van der Waals surface area (Å²) >= 11 is 0. The number of carboxylic acids is 1. The Labute approximate surface area is 178 Å². The molecule has 0 fully saturated rings. The summed E-state index contributed by atoms with van der Waals surface area (Å²) in [6.45, 7) is 3.87. The fourth-order valence-electron chi connectivity index (χ4n) is 3.56. The monoisotopic (exact) mass is 428 g/mol. The van der Waals surface area contributed by atoms with Crippen LogP contribution in [0.4, 0.5) is 10.1 Å². The molecule has 3 rings (SSSR count). The largest absolute Gasteiger partial charge is 0.496 e. The van der Waals surface area contributed by atoms with Gasteiger partial charge in [-0.1, -0.05) is 13.8 Å². The van der Waals surface area contributed by atoms with Crippen LogP contribution in [0.5, 0.6) is 5.75 Å². The summed E-state index contributed by atoms with van der Waals surface area (Å²) in [6.07, 6.45) is 1.28. The lowest BCUT2D eigenvalue weighted by Crippen LogP contribution is -2.25. The molecule has 0 unspecified atom stereocenters. The molecule has 1 heterocycles. The Kier molecular flexibility index (Phi) is 6.60. The van der Waals surface area contributed by atoms with Gasteiger partial charge in [-0.15, -0.1) is 0 Å². The number of aromatic nitrogens is 1. The first-order valence-corrected chi connectivity index (χ1v) is 9.86. The molecule has 0 aliphatic rings. The smallest absolute Gasteiger partial charge is 0.341 e.